The van der Waals surface area contributed by atoms with E-state index in [4.69, 9.17) is 5.73 Å². The molecule has 88 valence electrons. The molecule has 1 aliphatic heterocycles. The molecule has 0 saturated carbocycles. The third-order valence-electron chi connectivity index (χ3n) is 3.14. The molecule has 3 nitrogen and oxygen atoms in total. The minimum Gasteiger partial charge on any atom is -0.397 e. The highest BCUT2D eigenvalue weighted by atomic mass is 32.1. The lowest BCUT2D eigenvalue weighted by Crippen LogP contribution is -2.20. The van der Waals surface area contributed by atoms with E-state index in [0.29, 0.717) is 0 Å². The minimum absolute atomic E-state index is 0.867. The van der Waals surface area contributed by atoms with E-state index in [2.05, 4.69) is 21.3 Å². The van der Waals surface area contributed by atoms with Gasteiger partial charge < -0.3 is 10.6 Å². The summed E-state index contributed by atoms with van der Waals surface area (Å²) in [5.74, 6) is 0. The number of nitrogen functional groups attached to an aromatic ring is 1. The van der Waals surface area contributed by atoms with Gasteiger partial charge in [0.15, 0.2) is 0 Å². The molecule has 0 atom stereocenters. The van der Waals surface area contributed by atoms with Gasteiger partial charge in [-0.1, -0.05) is 12.1 Å². The van der Waals surface area contributed by atoms with Crippen molar-refractivity contribution in [2.75, 3.05) is 17.2 Å². The highest BCUT2D eigenvalue weighted by Gasteiger charge is 2.21. The maximum atomic E-state index is 6.06. The Hall–Kier alpha value is -1.55. The van der Waals surface area contributed by atoms with Crippen molar-refractivity contribution in [1.29, 1.82) is 0 Å². The van der Waals surface area contributed by atoms with Gasteiger partial charge in [-0.2, -0.15) is 0 Å². The summed E-state index contributed by atoms with van der Waals surface area (Å²) in [6.07, 6.45) is 1.09. The van der Waals surface area contributed by atoms with Crippen molar-refractivity contribution < 1.29 is 0 Å². The lowest BCUT2D eigenvalue weighted by molar-refractivity contribution is 0.818. The quantitative estimate of drug-likeness (QED) is 0.827. The topological polar surface area (TPSA) is 42.2 Å². The molecule has 0 amide bonds. The third-order valence-corrected chi connectivity index (χ3v) is 3.96. The zero-order valence-corrected chi connectivity index (χ0v) is 10.6. The van der Waals surface area contributed by atoms with Crippen LogP contribution in [0.5, 0.6) is 0 Å². The van der Waals surface area contributed by atoms with Gasteiger partial charge in [-0.15, -0.1) is 11.3 Å². The summed E-state index contributed by atoms with van der Waals surface area (Å²) in [6.45, 7) is 3.95. The van der Waals surface area contributed by atoms with Crippen LogP contribution in [-0.2, 0) is 13.0 Å². The highest BCUT2D eigenvalue weighted by Crippen LogP contribution is 2.34. The molecule has 2 N–H and O–H groups in total. The van der Waals surface area contributed by atoms with Gasteiger partial charge in [-0.05, 0) is 25.0 Å². The fourth-order valence-electron chi connectivity index (χ4n) is 2.40. The molecular formula is C13H15N3S. The van der Waals surface area contributed by atoms with Crippen molar-refractivity contribution in [1.82, 2.24) is 4.98 Å². The Kier molecular flexibility index (Phi) is 2.52. The standard InChI is InChI=1S/C13H15N3S/c1-9-15-11(8-17-9)7-16-6-5-10-3-2-4-12(14)13(10)16/h2-4,8H,5-7,14H2,1H3. The normalized spacial score (nSPS) is 14.1. The molecule has 2 aromatic rings. The summed E-state index contributed by atoms with van der Waals surface area (Å²) in [5.41, 5.74) is 10.7. The fourth-order valence-corrected chi connectivity index (χ4v) is 3.00. The average molecular weight is 245 g/mol. The number of nitrogens with two attached hydrogens (primary N) is 1. The lowest BCUT2D eigenvalue weighted by Gasteiger charge is -2.19. The first-order valence-electron chi connectivity index (χ1n) is 5.77. The van der Waals surface area contributed by atoms with Gasteiger partial charge in [0.05, 0.1) is 28.6 Å². The molecule has 0 fully saturated rings. The van der Waals surface area contributed by atoms with Gasteiger partial charge in [0, 0.05) is 11.9 Å². The Morgan fingerprint density at radius 3 is 3.12 bits per heavy atom. The monoisotopic (exact) mass is 245 g/mol. The molecule has 0 radical (unpaired) electrons. The first-order chi connectivity index (χ1) is 8.24. The number of anilines is 2. The van der Waals surface area contributed by atoms with Crippen LogP contribution in [0.25, 0.3) is 0 Å². The Bertz CT molecular complexity index is 547. The molecule has 3 rings (SSSR count). The predicted molar refractivity (Wildman–Crippen MR) is 72.5 cm³/mol. The molecule has 0 spiro atoms. The number of benzene rings is 1. The number of aromatic nitrogens is 1. The zero-order valence-electron chi connectivity index (χ0n) is 9.81. The second-order valence-corrected chi connectivity index (χ2v) is 5.45. The van der Waals surface area contributed by atoms with Crippen LogP contribution in [0.1, 0.15) is 16.3 Å². The number of fused-ring (bicyclic) bond motifs is 1. The second-order valence-electron chi connectivity index (χ2n) is 4.38. The van der Waals surface area contributed by atoms with E-state index in [1.165, 1.54) is 11.3 Å². The van der Waals surface area contributed by atoms with E-state index >= 15 is 0 Å². The van der Waals surface area contributed by atoms with Crippen LogP contribution < -0.4 is 10.6 Å². The minimum atomic E-state index is 0.867. The van der Waals surface area contributed by atoms with Crippen molar-refractivity contribution in [3.8, 4) is 0 Å². The summed E-state index contributed by atoms with van der Waals surface area (Å²) < 4.78 is 0. The van der Waals surface area contributed by atoms with E-state index in [1.54, 1.807) is 11.3 Å². The van der Waals surface area contributed by atoms with Gasteiger partial charge in [-0.3, -0.25) is 0 Å². The Labute approximate surface area is 105 Å². The van der Waals surface area contributed by atoms with E-state index in [1.807, 2.05) is 19.1 Å². The molecule has 0 bridgehead atoms. The number of rotatable bonds is 2. The molecule has 0 aliphatic carbocycles. The van der Waals surface area contributed by atoms with Crippen LogP contribution in [0.4, 0.5) is 11.4 Å². The van der Waals surface area contributed by atoms with Crippen molar-refractivity contribution in [2.45, 2.75) is 19.9 Å². The summed E-state index contributed by atoms with van der Waals surface area (Å²) in [7, 11) is 0. The molecule has 0 unspecified atom stereocenters. The van der Waals surface area contributed by atoms with E-state index in [0.717, 1.165) is 35.9 Å². The molecule has 1 aromatic carbocycles. The van der Waals surface area contributed by atoms with Crippen LogP contribution in [0.2, 0.25) is 0 Å². The maximum absolute atomic E-state index is 6.06. The summed E-state index contributed by atoms with van der Waals surface area (Å²) >= 11 is 1.70. The number of nitrogens with zero attached hydrogens (tertiary/aromatic N) is 2. The van der Waals surface area contributed by atoms with Crippen molar-refractivity contribution in [3.63, 3.8) is 0 Å². The first-order valence-corrected chi connectivity index (χ1v) is 6.65. The molecular weight excluding hydrogens is 230 g/mol. The third kappa shape index (κ3) is 1.89. The molecule has 0 saturated heterocycles. The molecule has 4 heteroatoms. The zero-order chi connectivity index (χ0) is 11.8. The summed E-state index contributed by atoms with van der Waals surface area (Å²) in [4.78, 5) is 6.85. The van der Waals surface area contributed by atoms with E-state index < -0.39 is 0 Å². The molecule has 17 heavy (non-hydrogen) atoms. The maximum Gasteiger partial charge on any atom is 0.0898 e. The number of para-hydroxylation sites is 1. The van der Waals surface area contributed by atoms with Gasteiger partial charge >= 0.3 is 0 Å². The van der Waals surface area contributed by atoms with Gasteiger partial charge in [0.25, 0.3) is 0 Å². The summed E-state index contributed by atoms with van der Waals surface area (Å²) in [6, 6.07) is 6.17. The van der Waals surface area contributed by atoms with Crippen LogP contribution in [-0.4, -0.2) is 11.5 Å². The van der Waals surface area contributed by atoms with Crippen molar-refractivity contribution in [3.05, 3.63) is 39.8 Å². The Balaban J connectivity index is 1.89. The fraction of sp³-hybridized carbons (Fsp3) is 0.308. The molecule has 1 aromatic heterocycles. The van der Waals surface area contributed by atoms with Crippen LogP contribution in [0.3, 0.4) is 0 Å². The molecule has 2 heterocycles. The van der Waals surface area contributed by atoms with Gasteiger partial charge in [0.2, 0.25) is 0 Å². The Morgan fingerprint density at radius 1 is 1.47 bits per heavy atom. The van der Waals surface area contributed by atoms with Crippen LogP contribution >= 0.6 is 11.3 Å². The number of hydrogen-bond acceptors (Lipinski definition) is 4. The van der Waals surface area contributed by atoms with Crippen molar-refractivity contribution in [2.24, 2.45) is 0 Å². The lowest BCUT2D eigenvalue weighted by atomic mass is 10.1. The SMILES string of the molecule is Cc1nc(CN2CCc3cccc(N)c32)cs1. The number of thiazole rings is 1. The smallest absolute Gasteiger partial charge is 0.0898 e. The van der Waals surface area contributed by atoms with E-state index in [-0.39, 0.29) is 0 Å². The van der Waals surface area contributed by atoms with Gasteiger partial charge in [-0.25, -0.2) is 4.98 Å². The van der Waals surface area contributed by atoms with Gasteiger partial charge in [0.1, 0.15) is 0 Å². The van der Waals surface area contributed by atoms with Crippen LogP contribution in [0, 0.1) is 6.92 Å². The highest BCUT2D eigenvalue weighted by molar-refractivity contribution is 7.09. The largest absolute Gasteiger partial charge is 0.397 e. The van der Waals surface area contributed by atoms with Crippen molar-refractivity contribution >= 4 is 22.7 Å². The average Bonchev–Trinajstić information content (AvgIpc) is 2.88. The molecule has 1 aliphatic rings. The van der Waals surface area contributed by atoms with E-state index in [9.17, 15) is 0 Å². The second kappa shape index (κ2) is 4.04. The Morgan fingerprint density at radius 2 is 2.35 bits per heavy atom. The predicted octanol–water partition coefficient (Wildman–Crippen LogP) is 2.60. The number of aryl methyl sites for hydroxylation is 1. The summed E-state index contributed by atoms with van der Waals surface area (Å²) in [5, 5.41) is 3.26. The van der Waals surface area contributed by atoms with Crippen LogP contribution in [0.15, 0.2) is 23.6 Å². The first kappa shape index (κ1) is 10.6. The number of hydrogen-bond donors (Lipinski definition) is 1.